The van der Waals surface area contributed by atoms with Crippen molar-refractivity contribution < 1.29 is 31.1 Å². The third-order valence-electron chi connectivity index (χ3n) is 4.80. The summed E-state index contributed by atoms with van der Waals surface area (Å²) >= 11 is 1.29. The SMILES string of the molecule is CC(C)(C)c1nnc(NC(=O)C2CCN(S(=O)(=O)c3cccc(OC(F)(F)F)c3)CC2)s1. The number of carbonyl (C=O) groups is 1. The fourth-order valence-corrected chi connectivity index (χ4v) is 5.43. The summed E-state index contributed by atoms with van der Waals surface area (Å²) in [6.07, 6.45) is -4.38. The topological polar surface area (TPSA) is 101 Å². The lowest BCUT2D eigenvalue weighted by Gasteiger charge is -2.30. The Bertz CT molecular complexity index is 1070. The molecule has 1 saturated heterocycles. The molecular formula is C19H23F3N4O4S2. The number of amides is 1. The maximum atomic E-state index is 12.8. The zero-order valence-electron chi connectivity index (χ0n) is 17.6. The number of nitrogens with zero attached hydrogens (tertiary/aromatic N) is 3. The second-order valence-corrected chi connectivity index (χ2v) is 11.3. The molecule has 0 bridgehead atoms. The summed E-state index contributed by atoms with van der Waals surface area (Å²) in [5.74, 6) is -1.29. The molecule has 13 heteroatoms. The molecule has 3 rings (SSSR count). The predicted molar refractivity (Wildman–Crippen MR) is 112 cm³/mol. The number of nitrogens with one attached hydrogen (secondary N) is 1. The number of aromatic nitrogens is 2. The average Bonchev–Trinajstić information content (AvgIpc) is 3.16. The van der Waals surface area contributed by atoms with Gasteiger partial charge in [-0.2, -0.15) is 4.31 Å². The molecule has 1 fully saturated rings. The van der Waals surface area contributed by atoms with Gasteiger partial charge in [0.25, 0.3) is 0 Å². The van der Waals surface area contributed by atoms with E-state index in [9.17, 15) is 26.4 Å². The first-order valence-electron chi connectivity index (χ1n) is 9.76. The molecule has 1 amide bonds. The number of carbonyl (C=O) groups excluding carboxylic acids is 1. The van der Waals surface area contributed by atoms with Crippen molar-refractivity contribution >= 4 is 32.4 Å². The van der Waals surface area contributed by atoms with Crippen molar-refractivity contribution in [3.05, 3.63) is 29.3 Å². The van der Waals surface area contributed by atoms with Crippen molar-refractivity contribution in [1.82, 2.24) is 14.5 Å². The number of hydrogen-bond acceptors (Lipinski definition) is 7. The van der Waals surface area contributed by atoms with Crippen LogP contribution in [0, 0.1) is 5.92 Å². The second kappa shape index (κ2) is 8.94. The van der Waals surface area contributed by atoms with E-state index < -0.39 is 28.1 Å². The van der Waals surface area contributed by atoms with Crippen LogP contribution in [0.2, 0.25) is 0 Å². The van der Waals surface area contributed by atoms with Gasteiger partial charge < -0.3 is 10.1 Å². The number of ether oxygens (including phenoxy) is 1. The molecule has 0 aliphatic carbocycles. The second-order valence-electron chi connectivity index (χ2n) is 8.35. The summed E-state index contributed by atoms with van der Waals surface area (Å²) in [5.41, 5.74) is -0.192. The van der Waals surface area contributed by atoms with Gasteiger partial charge in [-0.05, 0) is 25.0 Å². The minimum Gasteiger partial charge on any atom is -0.406 e. The van der Waals surface area contributed by atoms with Crippen LogP contribution in [0.5, 0.6) is 5.75 Å². The van der Waals surface area contributed by atoms with Gasteiger partial charge >= 0.3 is 6.36 Å². The number of benzene rings is 1. The molecule has 8 nitrogen and oxygen atoms in total. The molecule has 1 aromatic heterocycles. The van der Waals surface area contributed by atoms with Gasteiger partial charge in [0.05, 0.1) is 4.90 Å². The number of halogens is 3. The van der Waals surface area contributed by atoms with Crippen molar-refractivity contribution in [3.63, 3.8) is 0 Å². The number of anilines is 1. The maximum absolute atomic E-state index is 12.8. The summed E-state index contributed by atoms with van der Waals surface area (Å²) in [5, 5.41) is 12.0. The van der Waals surface area contributed by atoms with E-state index in [1.165, 1.54) is 23.5 Å². The highest BCUT2D eigenvalue weighted by Gasteiger charge is 2.34. The first-order valence-corrected chi connectivity index (χ1v) is 12.0. The third-order valence-corrected chi connectivity index (χ3v) is 7.96. The summed E-state index contributed by atoms with van der Waals surface area (Å²) in [4.78, 5) is 12.3. The molecule has 0 saturated carbocycles. The maximum Gasteiger partial charge on any atom is 0.573 e. The first kappa shape index (κ1) is 24.4. The first-order chi connectivity index (χ1) is 14.8. The molecule has 0 spiro atoms. The molecular weight excluding hydrogens is 469 g/mol. The van der Waals surface area contributed by atoms with Crippen LogP contribution in [0.4, 0.5) is 18.3 Å². The molecule has 1 N–H and O–H groups in total. The van der Waals surface area contributed by atoms with Crippen LogP contribution in [-0.4, -0.2) is 48.3 Å². The zero-order valence-corrected chi connectivity index (χ0v) is 19.3. The molecule has 1 aliphatic rings. The summed E-state index contributed by atoms with van der Waals surface area (Å²) in [6.45, 7) is 6.09. The highest BCUT2D eigenvalue weighted by Crippen LogP contribution is 2.30. The van der Waals surface area contributed by atoms with E-state index in [-0.39, 0.29) is 42.1 Å². The molecule has 32 heavy (non-hydrogen) atoms. The van der Waals surface area contributed by atoms with Gasteiger partial charge in [-0.3, -0.25) is 4.79 Å². The van der Waals surface area contributed by atoms with E-state index in [2.05, 4.69) is 20.3 Å². The van der Waals surface area contributed by atoms with Crippen LogP contribution in [0.15, 0.2) is 29.2 Å². The van der Waals surface area contributed by atoms with E-state index in [1.807, 2.05) is 20.8 Å². The Morgan fingerprint density at radius 3 is 2.41 bits per heavy atom. The lowest BCUT2D eigenvalue weighted by atomic mass is 9.97. The normalized spacial score (nSPS) is 16.7. The summed E-state index contributed by atoms with van der Waals surface area (Å²) < 4.78 is 67.9. The van der Waals surface area contributed by atoms with Crippen molar-refractivity contribution in [2.24, 2.45) is 5.92 Å². The zero-order chi connectivity index (χ0) is 23.7. The van der Waals surface area contributed by atoms with Crippen molar-refractivity contribution in [1.29, 1.82) is 0 Å². The number of hydrogen-bond donors (Lipinski definition) is 1. The Hall–Kier alpha value is -2.25. The molecule has 2 aromatic rings. The number of sulfonamides is 1. The van der Waals surface area contributed by atoms with Crippen LogP contribution in [0.25, 0.3) is 0 Å². The number of alkyl halides is 3. The van der Waals surface area contributed by atoms with Gasteiger partial charge in [0.1, 0.15) is 10.8 Å². The lowest BCUT2D eigenvalue weighted by molar-refractivity contribution is -0.274. The van der Waals surface area contributed by atoms with E-state index in [0.717, 1.165) is 21.4 Å². The van der Waals surface area contributed by atoms with E-state index in [4.69, 9.17) is 0 Å². The van der Waals surface area contributed by atoms with Crippen molar-refractivity contribution in [2.75, 3.05) is 18.4 Å². The summed E-state index contributed by atoms with van der Waals surface area (Å²) in [7, 11) is -4.03. The minimum atomic E-state index is -4.92. The van der Waals surface area contributed by atoms with E-state index >= 15 is 0 Å². The van der Waals surface area contributed by atoms with Crippen LogP contribution >= 0.6 is 11.3 Å². The Labute approximate surface area is 187 Å². The Morgan fingerprint density at radius 1 is 1.19 bits per heavy atom. The number of piperidine rings is 1. The fourth-order valence-electron chi connectivity index (χ4n) is 3.12. The number of rotatable bonds is 5. The molecule has 0 atom stereocenters. The van der Waals surface area contributed by atoms with Crippen LogP contribution in [-0.2, 0) is 20.2 Å². The van der Waals surface area contributed by atoms with Gasteiger partial charge in [-0.1, -0.05) is 38.2 Å². The Balaban J connectivity index is 1.62. The van der Waals surface area contributed by atoms with Crippen LogP contribution in [0.1, 0.15) is 38.6 Å². The van der Waals surface area contributed by atoms with E-state index in [1.54, 1.807) is 0 Å². The smallest absolute Gasteiger partial charge is 0.406 e. The molecule has 0 radical (unpaired) electrons. The summed E-state index contributed by atoms with van der Waals surface area (Å²) in [6, 6.07) is 4.26. The quantitative estimate of drug-likeness (QED) is 0.682. The van der Waals surface area contributed by atoms with E-state index in [0.29, 0.717) is 5.13 Å². The highest BCUT2D eigenvalue weighted by molar-refractivity contribution is 7.89. The molecule has 0 unspecified atom stereocenters. The minimum absolute atomic E-state index is 0.0636. The van der Waals surface area contributed by atoms with Crippen molar-refractivity contribution in [3.8, 4) is 5.75 Å². The molecule has 1 aromatic carbocycles. The van der Waals surface area contributed by atoms with Crippen LogP contribution in [0.3, 0.4) is 0 Å². The largest absolute Gasteiger partial charge is 0.573 e. The molecule has 1 aliphatic heterocycles. The van der Waals surface area contributed by atoms with Gasteiger partial charge in [0, 0.05) is 30.5 Å². The van der Waals surface area contributed by atoms with Crippen LogP contribution < -0.4 is 10.1 Å². The Kier molecular flexibility index (Phi) is 6.82. The van der Waals surface area contributed by atoms with Crippen molar-refractivity contribution in [2.45, 2.75) is 50.3 Å². The molecule has 2 heterocycles. The predicted octanol–water partition coefficient (Wildman–Crippen LogP) is 3.77. The Morgan fingerprint density at radius 2 is 1.84 bits per heavy atom. The average molecular weight is 493 g/mol. The fraction of sp³-hybridized carbons (Fsp3) is 0.526. The molecule has 176 valence electrons. The monoisotopic (exact) mass is 492 g/mol. The van der Waals surface area contributed by atoms with Gasteiger partial charge in [0.2, 0.25) is 21.1 Å². The van der Waals surface area contributed by atoms with Gasteiger partial charge in [0.15, 0.2) is 0 Å². The van der Waals surface area contributed by atoms with Gasteiger partial charge in [-0.25, -0.2) is 8.42 Å². The third kappa shape index (κ3) is 5.95. The standard InChI is InChI=1S/C19H23F3N4O4S2/c1-18(2,3)16-24-25-17(31-16)23-15(27)12-7-9-26(10-8-12)32(28,29)14-6-4-5-13(11-14)30-19(20,21)22/h4-6,11-12H,7-10H2,1-3H3,(H,23,25,27). The highest BCUT2D eigenvalue weighted by atomic mass is 32.2. The van der Waals surface area contributed by atoms with Gasteiger partial charge in [-0.15, -0.1) is 23.4 Å². The lowest BCUT2D eigenvalue weighted by Crippen LogP contribution is -2.41.